The number of nitrogens with one attached hydrogen (secondary N) is 2. The standard InChI is InChI=1S/C22H28N2O3/c1-22(2,3)18-10-12-19(13-11-18)24-15-16-6-8-17(9-7-16)21(27)23-14-4-5-20(25)26/h6-13,24H,4-5,14-15H2,1-3H3,(H,23,27)(H,25,26). The molecule has 0 saturated carbocycles. The van der Waals surface area contributed by atoms with E-state index in [1.54, 1.807) is 12.1 Å². The van der Waals surface area contributed by atoms with Gasteiger partial charge in [0.1, 0.15) is 0 Å². The van der Waals surface area contributed by atoms with Gasteiger partial charge in [-0.3, -0.25) is 9.59 Å². The molecule has 2 aromatic carbocycles. The van der Waals surface area contributed by atoms with Gasteiger partial charge < -0.3 is 15.7 Å². The SMILES string of the molecule is CC(C)(C)c1ccc(NCc2ccc(C(=O)NCCCC(=O)O)cc2)cc1. The van der Waals surface area contributed by atoms with Gasteiger partial charge in [-0.2, -0.15) is 0 Å². The van der Waals surface area contributed by atoms with Crippen LogP contribution in [0.5, 0.6) is 0 Å². The Morgan fingerprint density at radius 2 is 1.59 bits per heavy atom. The van der Waals surface area contributed by atoms with Gasteiger partial charge in [-0.25, -0.2) is 0 Å². The summed E-state index contributed by atoms with van der Waals surface area (Å²) in [6, 6.07) is 15.9. The third kappa shape index (κ3) is 6.77. The lowest BCUT2D eigenvalue weighted by Crippen LogP contribution is -2.24. The first-order valence-corrected chi connectivity index (χ1v) is 9.19. The van der Waals surface area contributed by atoms with Gasteiger partial charge in [0.15, 0.2) is 0 Å². The predicted molar refractivity (Wildman–Crippen MR) is 108 cm³/mol. The van der Waals surface area contributed by atoms with Crippen LogP contribution in [0.4, 0.5) is 5.69 Å². The maximum Gasteiger partial charge on any atom is 0.303 e. The zero-order chi connectivity index (χ0) is 19.9. The van der Waals surface area contributed by atoms with E-state index < -0.39 is 5.97 Å². The Morgan fingerprint density at radius 1 is 0.963 bits per heavy atom. The molecule has 5 heteroatoms. The summed E-state index contributed by atoms with van der Waals surface area (Å²) in [4.78, 5) is 22.5. The van der Waals surface area contributed by atoms with E-state index >= 15 is 0 Å². The number of anilines is 1. The third-order valence-electron chi connectivity index (χ3n) is 4.32. The Bertz CT molecular complexity index is 760. The van der Waals surface area contributed by atoms with Crippen LogP contribution in [0.15, 0.2) is 48.5 Å². The predicted octanol–water partition coefficient (Wildman–Crippen LogP) is 4.19. The molecule has 0 aliphatic rings. The summed E-state index contributed by atoms with van der Waals surface area (Å²) >= 11 is 0. The molecule has 0 atom stereocenters. The summed E-state index contributed by atoms with van der Waals surface area (Å²) in [6.45, 7) is 7.62. The minimum absolute atomic E-state index is 0.0572. The number of carboxylic acids is 1. The maximum absolute atomic E-state index is 12.0. The molecule has 27 heavy (non-hydrogen) atoms. The van der Waals surface area contributed by atoms with E-state index in [4.69, 9.17) is 5.11 Å². The minimum atomic E-state index is -0.853. The van der Waals surface area contributed by atoms with Crippen molar-refractivity contribution in [2.24, 2.45) is 0 Å². The second kappa shape index (κ2) is 9.21. The van der Waals surface area contributed by atoms with Crippen LogP contribution in [0.3, 0.4) is 0 Å². The van der Waals surface area contributed by atoms with Crippen LogP contribution < -0.4 is 10.6 Å². The van der Waals surface area contributed by atoms with Crippen molar-refractivity contribution < 1.29 is 14.7 Å². The average molecular weight is 368 g/mol. The molecule has 0 unspecified atom stereocenters. The van der Waals surface area contributed by atoms with E-state index in [1.165, 1.54) is 5.56 Å². The number of aliphatic carboxylic acids is 1. The molecule has 2 rings (SSSR count). The summed E-state index contributed by atoms with van der Waals surface area (Å²) in [5.41, 5.74) is 4.15. The first kappa shape index (κ1) is 20.5. The summed E-state index contributed by atoms with van der Waals surface area (Å²) in [6.07, 6.45) is 0.485. The van der Waals surface area contributed by atoms with Crippen molar-refractivity contribution in [3.63, 3.8) is 0 Å². The van der Waals surface area contributed by atoms with Crippen LogP contribution in [-0.4, -0.2) is 23.5 Å². The topological polar surface area (TPSA) is 78.4 Å². The highest BCUT2D eigenvalue weighted by Gasteiger charge is 2.12. The highest BCUT2D eigenvalue weighted by molar-refractivity contribution is 5.94. The van der Waals surface area contributed by atoms with E-state index in [2.05, 4.69) is 55.7 Å². The van der Waals surface area contributed by atoms with Crippen LogP contribution in [0.1, 0.15) is 55.1 Å². The van der Waals surface area contributed by atoms with Gasteiger partial charge in [-0.05, 0) is 47.2 Å². The molecule has 0 heterocycles. The zero-order valence-corrected chi connectivity index (χ0v) is 16.2. The first-order chi connectivity index (χ1) is 12.8. The number of carboxylic acid groups (broad SMARTS) is 1. The second-order valence-electron chi connectivity index (χ2n) is 7.63. The second-order valence-corrected chi connectivity index (χ2v) is 7.63. The van der Waals surface area contributed by atoms with Gasteiger partial charge in [-0.1, -0.05) is 45.0 Å². The zero-order valence-electron chi connectivity index (χ0n) is 16.2. The van der Waals surface area contributed by atoms with E-state index in [0.717, 1.165) is 11.3 Å². The molecular weight excluding hydrogens is 340 g/mol. The summed E-state index contributed by atoms with van der Waals surface area (Å²) in [5, 5.41) is 14.7. The number of rotatable bonds is 8. The lowest BCUT2D eigenvalue weighted by Gasteiger charge is -2.19. The number of carbonyl (C=O) groups is 2. The number of carbonyl (C=O) groups excluding carboxylic acids is 1. The normalized spacial score (nSPS) is 11.1. The molecule has 0 saturated heterocycles. The summed E-state index contributed by atoms with van der Waals surface area (Å²) in [5.74, 6) is -1.04. The van der Waals surface area contributed by atoms with Crippen LogP contribution >= 0.6 is 0 Å². The smallest absolute Gasteiger partial charge is 0.303 e. The summed E-state index contributed by atoms with van der Waals surface area (Å²) < 4.78 is 0. The maximum atomic E-state index is 12.0. The third-order valence-corrected chi connectivity index (χ3v) is 4.32. The fourth-order valence-electron chi connectivity index (χ4n) is 2.61. The molecule has 144 valence electrons. The molecule has 0 spiro atoms. The molecule has 0 bridgehead atoms. The number of hydrogen-bond donors (Lipinski definition) is 3. The Morgan fingerprint density at radius 3 is 2.15 bits per heavy atom. The Kier molecular flexibility index (Phi) is 6.99. The summed E-state index contributed by atoms with van der Waals surface area (Å²) in [7, 11) is 0. The van der Waals surface area contributed by atoms with Crippen LogP contribution in [-0.2, 0) is 16.8 Å². The Hall–Kier alpha value is -2.82. The van der Waals surface area contributed by atoms with Crippen molar-refractivity contribution in [3.8, 4) is 0 Å². The lowest BCUT2D eigenvalue weighted by atomic mass is 9.87. The monoisotopic (exact) mass is 368 g/mol. The van der Waals surface area contributed by atoms with E-state index in [-0.39, 0.29) is 17.7 Å². The molecular formula is C22H28N2O3. The van der Waals surface area contributed by atoms with Gasteiger partial charge in [0.2, 0.25) is 0 Å². The first-order valence-electron chi connectivity index (χ1n) is 9.19. The van der Waals surface area contributed by atoms with Crippen molar-refractivity contribution in [3.05, 3.63) is 65.2 Å². The van der Waals surface area contributed by atoms with Gasteiger partial charge in [0.25, 0.3) is 5.91 Å². The van der Waals surface area contributed by atoms with Gasteiger partial charge in [0.05, 0.1) is 0 Å². The number of hydrogen-bond acceptors (Lipinski definition) is 3. The Labute approximate surface area is 160 Å². The van der Waals surface area contributed by atoms with E-state index in [0.29, 0.717) is 25.1 Å². The van der Waals surface area contributed by atoms with Gasteiger partial charge in [0, 0.05) is 30.8 Å². The van der Waals surface area contributed by atoms with Crippen LogP contribution in [0, 0.1) is 0 Å². The molecule has 0 aliphatic heterocycles. The average Bonchev–Trinajstić information content (AvgIpc) is 2.63. The van der Waals surface area contributed by atoms with Crippen molar-refractivity contribution in [2.45, 2.75) is 45.6 Å². The number of benzene rings is 2. The molecule has 5 nitrogen and oxygen atoms in total. The van der Waals surface area contributed by atoms with E-state index in [1.807, 2.05) is 12.1 Å². The highest BCUT2D eigenvalue weighted by atomic mass is 16.4. The minimum Gasteiger partial charge on any atom is -0.481 e. The van der Waals surface area contributed by atoms with Gasteiger partial charge in [-0.15, -0.1) is 0 Å². The van der Waals surface area contributed by atoms with Crippen molar-refractivity contribution in [1.82, 2.24) is 5.32 Å². The van der Waals surface area contributed by atoms with Gasteiger partial charge >= 0.3 is 5.97 Å². The number of amides is 1. The van der Waals surface area contributed by atoms with Crippen molar-refractivity contribution in [2.75, 3.05) is 11.9 Å². The van der Waals surface area contributed by atoms with E-state index in [9.17, 15) is 9.59 Å². The fourth-order valence-corrected chi connectivity index (χ4v) is 2.61. The van der Waals surface area contributed by atoms with Crippen LogP contribution in [0.2, 0.25) is 0 Å². The molecule has 0 fully saturated rings. The van der Waals surface area contributed by atoms with Crippen molar-refractivity contribution in [1.29, 1.82) is 0 Å². The molecule has 0 aromatic heterocycles. The van der Waals surface area contributed by atoms with Crippen LogP contribution in [0.25, 0.3) is 0 Å². The largest absolute Gasteiger partial charge is 0.481 e. The fraction of sp³-hybridized carbons (Fsp3) is 0.364. The Balaban J connectivity index is 1.83. The molecule has 0 radical (unpaired) electrons. The molecule has 2 aromatic rings. The highest BCUT2D eigenvalue weighted by Crippen LogP contribution is 2.23. The lowest BCUT2D eigenvalue weighted by molar-refractivity contribution is -0.137. The molecule has 3 N–H and O–H groups in total. The van der Waals surface area contributed by atoms with Crippen molar-refractivity contribution >= 4 is 17.6 Å². The quantitative estimate of drug-likeness (QED) is 0.611. The molecule has 0 aliphatic carbocycles. The molecule has 1 amide bonds.